The highest BCUT2D eigenvalue weighted by Crippen LogP contribution is 2.42. The minimum absolute atomic E-state index is 0.00572. The van der Waals surface area contributed by atoms with Gasteiger partial charge in [-0.05, 0) is 49.1 Å². The van der Waals surface area contributed by atoms with Gasteiger partial charge in [0.15, 0.2) is 0 Å². The van der Waals surface area contributed by atoms with Gasteiger partial charge in [0.05, 0.1) is 16.7 Å². The molecule has 0 bridgehead atoms. The van der Waals surface area contributed by atoms with Crippen molar-refractivity contribution in [2.45, 2.75) is 30.8 Å². The summed E-state index contributed by atoms with van der Waals surface area (Å²) in [7, 11) is 0. The van der Waals surface area contributed by atoms with Gasteiger partial charge in [0.25, 0.3) is 5.91 Å². The Bertz CT molecular complexity index is 951. The lowest BCUT2D eigenvalue weighted by Gasteiger charge is -2.30. The van der Waals surface area contributed by atoms with Crippen molar-refractivity contribution >= 4 is 35.3 Å². The quantitative estimate of drug-likeness (QED) is 0.765. The average Bonchev–Trinajstić information content (AvgIpc) is 3.25. The molecule has 1 atom stereocenters. The maximum absolute atomic E-state index is 13.2. The van der Waals surface area contributed by atoms with E-state index in [-0.39, 0.29) is 24.5 Å². The van der Waals surface area contributed by atoms with E-state index < -0.39 is 0 Å². The van der Waals surface area contributed by atoms with E-state index in [0.29, 0.717) is 11.4 Å². The standard InChI is InChI=1S/C23H24N2O3S/c1-16-7-2-3-8-17(16)13-21-23(27)25(19-10-4-5-11-20(19)29-21)15-22(26)24-14-18-9-6-12-28-18/h2-5,7-8,10-11,13,18H,6,9,12,14-15H2,1H3,(H,24,26)/b21-13-/t18-/m1/s1. The number of anilines is 1. The second-order valence-electron chi connectivity index (χ2n) is 7.27. The third-order valence-electron chi connectivity index (χ3n) is 5.16. The van der Waals surface area contributed by atoms with Gasteiger partial charge < -0.3 is 10.1 Å². The molecular formula is C23H24N2O3S. The number of carbonyl (C=O) groups is 2. The summed E-state index contributed by atoms with van der Waals surface area (Å²) in [6.07, 6.45) is 3.99. The fourth-order valence-electron chi connectivity index (χ4n) is 3.54. The second-order valence-corrected chi connectivity index (χ2v) is 8.35. The van der Waals surface area contributed by atoms with Crippen LogP contribution in [0.25, 0.3) is 6.08 Å². The first kappa shape index (κ1) is 19.7. The number of amides is 2. The van der Waals surface area contributed by atoms with Crippen LogP contribution in [-0.2, 0) is 14.3 Å². The van der Waals surface area contributed by atoms with Gasteiger partial charge in [-0.3, -0.25) is 14.5 Å². The summed E-state index contributed by atoms with van der Waals surface area (Å²) in [6.45, 7) is 3.26. The first-order chi connectivity index (χ1) is 14.1. The molecule has 0 radical (unpaired) electrons. The van der Waals surface area contributed by atoms with Crippen LogP contribution in [0.5, 0.6) is 0 Å². The van der Waals surface area contributed by atoms with Crippen molar-refractivity contribution in [3.05, 3.63) is 64.6 Å². The molecule has 0 spiro atoms. The number of benzene rings is 2. The first-order valence-corrected chi connectivity index (χ1v) is 10.7. The Balaban J connectivity index is 1.55. The van der Waals surface area contributed by atoms with Crippen molar-refractivity contribution in [3.63, 3.8) is 0 Å². The van der Waals surface area contributed by atoms with Gasteiger partial charge >= 0.3 is 0 Å². The summed E-state index contributed by atoms with van der Waals surface area (Å²) >= 11 is 1.45. The predicted octanol–water partition coefficient (Wildman–Crippen LogP) is 3.77. The van der Waals surface area contributed by atoms with E-state index in [4.69, 9.17) is 4.74 Å². The van der Waals surface area contributed by atoms with Crippen molar-refractivity contribution < 1.29 is 14.3 Å². The number of hydrogen-bond acceptors (Lipinski definition) is 4. The van der Waals surface area contributed by atoms with E-state index in [2.05, 4.69) is 5.32 Å². The van der Waals surface area contributed by atoms with Crippen LogP contribution in [0.4, 0.5) is 5.69 Å². The van der Waals surface area contributed by atoms with Crippen LogP contribution in [0.3, 0.4) is 0 Å². The molecule has 2 heterocycles. The zero-order valence-corrected chi connectivity index (χ0v) is 17.2. The fourth-order valence-corrected chi connectivity index (χ4v) is 4.59. The number of nitrogens with zero attached hydrogens (tertiary/aromatic N) is 1. The van der Waals surface area contributed by atoms with Gasteiger partial charge in [-0.25, -0.2) is 0 Å². The topological polar surface area (TPSA) is 58.6 Å². The molecule has 5 nitrogen and oxygen atoms in total. The van der Waals surface area contributed by atoms with Crippen LogP contribution in [0, 0.1) is 6.92 Å². The van der Waals surface area contributed by atoms with Crippen LogP contribution in [0.15, 0.2) is 58.3 Å². The largest absolute Gasteiger partial charge is 0.376 e. The number of nitrogens with one attached hydrogen (secondary N) is 1. The van der Waals surface area contributed by atoms with Crippen molar-refractivity contribution in [2.75, 3.05) is 24.6 Å². The monoisotopic (exact) mass is 408 g/mol. The van der Waals surface area contributed by atoms with Gasteiger partial charge in [-0.2, -0.15) is 0 Å². The van der Waals surface area contributed by atoms with Crippen LogP contribution in [0.1, 0.15) is 24.0 Å². The Morgan fingerprint density at radius 2 is 2.03 bits per heavy atom. The lowest BCUT2D eigenvalue weighted by molar-refractivity contribution is -0.122. The summed E-state index contributed by atoms with van der Waals surface area (Å²) in [6, 6.07) is 15.7. The Kier molecular flexibility index (Phi) is 6.02. The molecule has 29 heavy (non-hydrogen) atoms. The maximum atomic E-state index is 13.2. The van der Waals surface area contributed by atoms with Gasteiger partial charge in [0.2, 0.25) is 5.91 Å². The van der Waals surface area contributed by atoms with E-state index in [1.165, 1.54) is 11.8 Å². The van der Waals surface area contributed by atoms with E-state index in [0.717, 1.165) is 41.2 Å². The highest BCUT2D eigenvalue weighted by atomic mass is 32.2. The van der Waals surface area contributed by atoms with Crippen molar-refractivity contribution in [1.82, 2.24) is 5.32 Å². The predicted molar refractivity (Wildman–Crippen MR) is 116 cm³/mol. The lowest BCUT2D eigenvalue weighted by atomic mass is 10.1. The van der Waals surface area contributed by atoms with E-state index in [1.807, 2.05) is 61.5 Å². The lowest BCUT2D eigenvalue weighted by Crippen LogP contribution is -2.44. The molecule has 0 unspecified atom stereocenters. The molecular weight excluding hydrogens is 384 g/mol. The summed E-state index contributed by atoms with van der Waals surface area (Å²) in [5.41, 5.74) is 2.88. The number of rotatable bonds is 5. The number of para-hydroxylation sites is 1. The van der Waals surface area contributed by atoms with Crippen molar-refractivity contribution in [2.24, 2.45) is 0 Å². The molecule has 2 amide bonds. The normalized spacial score (nSPS) is 20.0. The van der Waals surface area contributed by atoms with Crippen LogP contribution < -0.4 is 10.2 Å². The Morgan fingerprint density at radius 1 is 1.24 bits per heavy atom. The number of thioether (sulfide) groups is 1. The third-order valence-corrected chi connectivity index (χ3v) is 6.24. The number of carbonyl (C=O) groups excluding carboxylic acids is 2. The molecule has 0 saturated carbocycles. The SMILES string of the molecule is Cc1ccccc1/C=C1\Sc2ccccc2N(CC(=O)NC[C@H]2CCCO2)C1=O. The molecule has 2 aliphatic rings. The van der Waals surface area contributed by atoms with E-state index in [1.54, 1.807) is 4.90 Å². The van der Waals surface area contributed by atoms with Gasteiger partial charge in [0.1, 0.15) is 6.54 Å². The summed E-state index contributed by atoms with van der Waals surface area (Å²) < 4.78 is 5.56. The molecule has 2 aliphatic heterocycles. The summed E-state index contributed by atoms with van der Waals surface area (Å²) in [5, 5.41) is 2.91. The smallest absolute Gasteiger partial charge is 0.265 e. The van der Waals surface area contributed by atoms with Gasteiger partial charge in [-0.15, -0.1) is 0 Å². The first-order valence-electron chi connectivity index (χ1n) is 9.86. The zero-order chi connectivity index (χ0) is 20.2. The fraction of sp³-hybridized carbons (Fsp3) is 0.304. The van der Waals surface area contributed by atoms with E-state index in [9.17, 15) is 9.59 Å². The number of fused-ring (bicyclic) bond motifs is 1. The molecule has 6 heteroatoms. The second kappa shape index (κ2) is 8.84. The Labute approximate surface area is 175 Å². The molecule has 2 aromatic carbocycles. The molecule has 1 saturated heterocycles. The maximum Gasteiger partial charge on any atom is 0.265 e. The Hall–Kier alpha value is -2.57. The molecule has 1 N–H and O–H groups in total. The highest BCUT2D eigenvalue weighted by molar-refractivity contribution is 8.04. The number of ether oxygens (including phenoxy) is 1. The molecule has 2 aromatic rings. The van der Waals surface area contributed by atoms with Crippen molar-refractivity contribution in [3.8, 4) is 0 Å². The van der Waals surface area contributed by atoms with Crippen molar-refractivity contribution in [1.29, 1.82) is 0 Å². The van der Waals surface area contributed by atoms with Crippen LogP contribution in [-0.4, -0.2) is 37.6 Å². The third kappa shape index (κ3) is 4.54. The number of aryl methyl sites for hydroxylation is 1. The highest BCUT2D eigenvalue weighted by Gasteiger charge is 2.30. The molecule has 4 rings (SSSR count). The minimum Gasteiger partial charge on any atom is -0.376 e. The molecule has 0 aliphatic carbocycles. The number of hydrogen-bond donors (Lipinski definition) is 1. The summed E-state index contributed by atoms with van der Waals surface area (Å²) in [4.78, 5) is 28.9. The van der Waals surface area contributed by atoms with Crippen LogP contribution >= 0.6 is 11.8 Å². The molecule has 1 fully saturated rings. The van der Waals surface area contributed by atoms with Gasteiger partial charge in [0, 0.05) is 18.0 Å². The minimum atomic E-state index is -0.175. The zero-order valence-electron chi connectivity index (χ0n) is 16.4. The van der Waals surface area contributed by atoms with Gasteiger partial charge in [-0.1, -0.05) is 48.2 Å². The van der Waals surface area contributed by atoms with E-state index >= 15 is 0 Å². The molecule has 150 valence electrons. The summed E-state index contributed by atoms with van der Waals surface area (Å²) in [5.74, 6) is -0.324. The molecule has 0 aromatic heterocycles. The Morgan fingerprint density at radius 3 is 2.83 bits per heavy atom. The van der Waals surface area contributed by atoms with Crippen LogP contribution in [0.2, 0.25) is 0 Å². The average molecular weight is 409 g/mol.